The topological polar surface area (TPSA) is 74.6 Å². The van der Waals surface area contributed by atoms with E-state index < -0.39 is 35.1 Å². The van der Waals surface area contributed by atoms with E-state index in [0.717, 1.165) is 5.57 Å². The number of fused-ring (bicyclic) bond motifs is 5. The first-order valence-electron chi connectivity index (χ1n) is 9.34. The maximum Gasteiger partial charge on any atom is 0.184 e. The summed E-state index contributed by atoms with van der Waals surface area (Å²) in [5.74, 6) is -0.963. The van der Waals surface area contributed by atoms with Crippen LogP contribution in [-0.4, -0.2) is 40.2 Å². The van der Waals surface area contributed by atoms with Crippen LogP contribution in [0.1, 0.15) is 39.5 Å². The number of alkyl halides is 1. The van der Waals surface area contributed by atoms with Crippen LogP contribution >= 0.6 is 0 Å². The van der Waals surface area contributed by atoms with Gasteiger partial charge in [-0.25, -0.2) is 4.39 Å². The van der Waals surface area contributed by atoms with Crippen LogP contribution in [0, 0.1) is 22.7 Å². The van der Waals surface area contributed by atoms with Crippen molar-refractivity contribution in [3.8, 4) is 0 Å². The monoisotopic (exact) mass is 360 g/mol. The summed E-state index contributed by atoms with van der Waals surface area (Å²) in [5, 5.41) is 20.3. The molecule has 5 heteroatoms. The molecule has 0 radical (unpaired) electrons. The largest absolute Gasteiger partial charge is 0.390 e. The molecule has 0 amide bonds. The molecule has 4 nitrogen and oxygen atoms in total. The van der Waals surface area contributed by atoms with Gasteiger partial charge in [0.1, 0.15) is 6.61 Å². The van der Waals surface area contributed by atoms with Gasteiger partial charge in [0, 0.05) is 16.7 Å². The summed E-state index contributed by atoms with van der Waals surface area (Å²) in [6.45, 7) is 3.13. The van der Waals surface area contributed by atoms with Gasteiger partial charge in [0.2, 0.25) is 0 Å². The number of allylic oxidation sites excluding steroid dienone is 5. The zero-order valence-electron chi connectivity index (χ0n) is 15.2. The van der Waals surface area contributed by atoms with E-state index in [9.17, 15) is 19.8 Å². The molecule has 0 saturated heterocycles. The highest BCUT2D eigenvalue weighted by molar-refractivity contribution is 6.01. The van der Waals surface area contributed by atoms with Gasteiger partial charge in [0.15, 0.2) is 17.2 Å². The van der Waals surface area contributed by atoms with Crippen LogP contribution in [0.2, 0.25) is 0 Å². The Labute approximate surface area is 152 Å². The fourth-order valence-corrected chi connectivity index (χ4v) is 6.30. The quantitative estimate of drug-likeness (QED) is 0.793. The minimum absolute atomic E-state index is 0.0918. The summed E-state index contributed by atoms with van der Waals surface area (Å²) in [5.41, 5.74) is -2.21. The number of aliphatic hydroxyl groups is 2. The van der Waals surface area contributed by atoms with E-state index in [-0.39, 0.29) is 23.9 Å². The Morgan fingerprint density at radius 2 is 2.08 bits per heavy atom. The molecule has 4 rings (SSSR count). The predicted octanol–water partition coefficient (Wildman–Crippen LogP) is 2.45. The summed E-state index contributed by atoms with van der Waals surface area (Å²) in [6.07, 6.45) is 7.03. The lowest BCUT2D eigenvalue weighted by atomic mass is 9.45. The van der Waals surface area contributed by atoms with Gasteiger partial charge in [-0.2, -0.15) is 0 Å². The van der Waals surface area contributed by atoms with Crippen molar-refractivity contribution in [2.24, 2.45) is 22.7 Å². The van der Waals surface area contributed by atoms with Gasteiger partial charge in [-0.3, -0.25) is 9.59 Å². The van der Waals surface area contributed by atoms with E-state index >= 15 is 4.39 Å². The highest BCUT2D eigenvalue weighted by Gasteiger charge is 2.69. The molecule has 2 N–H and O–H groups in total. The van der Waals surface area contributed by atoms with Gasteiger partial charge >= 0.3 is 0 Å². The zero-order chi connectivity index (χ0) is 18.9. The van der Waals surface area contributed by atoms with Crippen LogP contribution < -0.4 is 0 Å². The van der Waals surface area contributed by atoms with Crippen LogP contribution in [0.3, 0.4) is 0 Å². The van der Waals surface area contributed by atoms with Crippen molar-refractivity contribution < 1.29 is 24.2 Å². The molecule has 0 aromatic carbocycles. The lowest BCUT2D eigenvalue weighted by molar-refractivity contribution is -0.185. The summed E-state index contributed by atoms with van der Waals surface area (Å²) in [7, 11) is 0. The van der Waals surface area contributed by atoms with Crippen LogP contribution in [0.15, 0.2) is 35.5 Å². The van der Waals surface area contributed by atoms with Crippen LogP contribution in [-0.2, 0) is 9.59 Å². The van der Waals surface area contributed by atoms with Crippen molar-refractivity contribution in [2.45, 2.75) is 51.3 Å². The highest BCUT2D eigenvalue weighted by atomic mass is 19.1. The Kier molecular flexibility index (Phi) is 3.74. The van der Waals surface area contributed by atoms with E-state index in [1.165, 1.54) is 12.2 Å². The minimum Gasteiger partial charge on any atom is -0.390 e. The Balaban J connectivity index is 1.79. The summed E-state index contributed by atoms with van der Waals surface area (Å²) in [6, 6.07) is 0. The summed E-state index contributed by atoms with van der Waals surface area (Å²) < 4.78 is 16.7. The van der Waals surface area contributed by atoms with Gasteiger partial charge < -0.3 is 10.2 Å². The number of aliphatic hydroxyl groups excluding tert-OH is 2. The molecule has 4 aliphatic carbocycles. The minimum atomic E-state index is -1.87. The Morgan fingerprint density at radius 3 is 2.77 bits per heavy atom. The molecule has 0 bridgehead atoms. The lowest BCUT2D eigenvalue weighted by Gasteiger charge is -2.61. The van der Waals surface area contributed by atoms with Crippen molar-refractivity contribution in [3.05, 3.63) is 35.5 Å². The third-order valence-corrected chi connectivity index (χ3v) is 7.67. The molecule has 0 heterocycles. The second-order valence-corrected chi connectivity index (χ2v) is 8.70. The Hall–Kier alpha value is -1.59. The van der Waals surface area contributed by atoms with Gasteiger partial charge in [-0.15, -0.1) is 0 Å². The van der Waals surface area contributed by atoms with Gasteiger partial charge in [-0.1, -0.05) is 24.6 Å². The zero-order valence-corrected chi connectivity index (χ0v) is 15.2. The molecule has 2 fully saturated rings. The molecule has 0 aromatic rings. The SMILES string of the molecule is C[C@]12C=CC(=O)C=C1CCC1C3CC=C(C(=O)CO)[C@@]3(C)CC(O)[C@@]12F. The summed E-state index contributed by atoms with van der Waals surface area (Å²) >= 11 is 0. The van der Waals surface area contributed by atoms with Crippen molar-refractivity contribution >= 4 is 11.6 Å². The molecule has 26 heavy (non-hydrogen) atoms. The number of halogens is 1. The number of hydrogen-bond acceptors (Lipinski definition) is 4. The average molecular weight is 360 g/mol. The first-order valence-corrected chi connectivity index (χ1v) is 9.34. The number of hydrogen-bond donors (Lipinski definition) is 2. The first-order chi connectivity index (χ1) is 12.2. The fraction of sp³-hybridized carbons (Fsp3) is 0.619. The predicted molar refractivity (Wildman–Crippen MR) is 93.9 cm³/mol. The third kappa shape index (κ3) is 1.96. The molecule has 4 aliphatic rings. The second kappa shape index (κ2) is 5.46. The molecule has 2 saturated carbocycles. The number of Topliss-reactive ketones (excluding diaryl/α,β-unsaturated/α-hetero) is 1. The molecule has 0 aromatic heterocycles. The third-order valence-electron chi connectivity index (χ3n) is 7.67. The molecule has 6 atom stereocenters. The van der Waals surface area contributed by atoms with E-state index in [1.807, 2.05) is 13.0 Å². The fourth-order valence-electron chi connectivity index (χ4n) is 6.30. The Morgan fingerprint density at radius 1 is 1.35 bits per heavy atom. The van der Waals surface area contributed by atoms with Crippen molar-refractivity contribution in [3.63, 3.8) is 0 Å². The standard InChI is InChI=1S/C21H25FO4/c1-19-10-18(26)21(22)15(14(19)5-6-16(19)17(25)11-23)4-3-12-9-13(24)7-8-20(12,21)2/h6-9,14-15,18,23,26H,3-5,10-11H2,1-2H3/t14?,15?,18?,19-,20-,21-/m0/s1. The molecular formula is C21H25FO4. The maximum absolute atomic E-state index is 16.7. The number of carbonyl (C=O) groups excluding carboxylic acids is 2. The lowest BCUT2D eigenvalue weighted by Crippen LogP contribution is -2.66. The van der Waals surface area contributed by atoms with Crippen LogP contribution in [0.4, 0.5) is 4.39 Å². The molecule has 140 valence electrons. The van der Waals surface area contributed by atoms with Crippen LogP contribution in [0.5, 0.6) is 0 Å². The van der Waals surface area contributed by atoms with Crippen molar-refractivity contribution in [1.82, 2.24) is 0 Å². The highest BCUT2D eigenvalue weighted by Crippen LogP contribution is 2.67. The second-order valence-electron chi connectivity index (χ2n) is 8.70. The van der Waals surface area contributed by atoms with Crippen LogP contribution in [0.25, 0.3) is 0 Å². The van der Waals surface area contributed by atoms with E-state index in [1.54, 1.807) is 13.0 Å². The van der Waals surface area contributed by atoms with E-state index in [2.05, 4.69) is 0 Å². The normalized spacial score (nSPS) is 46.8. The summed E-state index contributed by atoms with van der Waals surface area (Å²) in [4.78, 5) is 24.0. The molecule has 3 unspecified atom stereocenters. The number of carbonyl (C=O) groups is 2. The van der Waals surface area contributed by atoms with Crippen molar-refractivity contribution in [1.29, 1.82) is 0 Å². The molecule has 0 aliphatic heterocycles. The van der Waals surface area contributed by atoms with Crippen molar-refractivity contribution in [2.75, 3.05) is 6.61 Å². The number of ketones is 2. The van der Waals surface area contributed by atoms with E-state index in [0.29, 0.717) is 24.8 Å². The van der Waals surface area contributed by atoms with Gasteiger partial charge in [0.25, 0.3) is 0 Å². The smallest absolute Gasteiger partial charge is 0.184 e. The molecule has 0 spiro atoms. The molecular weight excluding hydrogens is 335 g/mol. The first kappa shape index (κ1) is 17.8. The Bertz CT molecular complexity index is 781. The van der Waals surface area contributed by atoms with E-state index in [4.69, 9.17) is 0 Å². The van der Waals surface area contributed by atoms with Gasteiger partial charge in [-0.05, 0) is 56.3 Å². The van der Waals surface area contributed by atoms with Gasteiger partial charge in [0.05, 0.1) is 6.10 Å². The average Bonchev–Trinajstić information content (AvgIpc) is 2.93. The maximum atomic E-state index is 16.7. The number of rotatable bonds is 2.